The van der Waals surface area contributed by atoms with E-state index in [4.69, 9.17) is 0 Å². The fourth-order valence-electron chi connectivity index (χ4n) is 2.14. The Morgan fingerprint density at radius 2 is 1.28 bits per heavy atom. The Kier molecular flexibility index (Phi) is 7.82. The zero-order valence-electron chi connectivity index (χ0n) is 15.5. The third-order valence-electron chi connectivity index (χ3n) is 3.20. The summed E-state index contributed by atoms with van der Waals surface area (Å²) in [6, 6.07) is 16.7. The van der Waals surface area contributed by atoms with Gasteiger partial charge in [-0.15, -0.1) is 0 Å². The number of esters is 2. The van der Waals surface area contributed by atoms with Crippen molar-refractivity contribution in [2.24, 2.45) is 0 Å². The Morgan fingerprint density at radius 1 is 0.800 bits per heavy atom. The van der Waals surface area contributed by atoms with Gasteiger partial charge in [0, 0.05) is 5.56 Å². The van der Waals surface area contributed by atoms with E-state index in [0.29, 0.717) is 11.1 Å². The van der Waals surface area contributed by atoms with Gasteiger partial charge in [-0.05, 0) is 18.2 Å². The number of quaternary nitrogens is 1. The van der Waals surface area contributed by atoms with Crippen molar-refractivity contribution in [2.75, 3.05) is 35.4 Å². The molecule has 0 aliphatic heterocycles. The van der Waals surface area contributed by atoms with Crippen LogP contribution < -0.4 is 0 Å². The molecule has 0 aliphatic rings. The van der Waals surface area contributed by atoms with Crippen molar-refractivity contribution >= 4 is 11.9 Å². The van der Waals surface area contributed by atoms with Crippen LogP contribution in [0.1, 0.15) is 26.3 Å². The molecule has 0 unspecified atom stereocenters. The van der Waals surface area contributed by atoms with E-state index in [1.54, 1.807) is 18.2 Å². The van der Waals surface area contributed by atoms with Crippen LogP contribution in [0.3, 0.4) is 0 Å². The number of benzene rings is 2. The molecule has 134 valence electrons. The fraction of sp³-hybridized carbons (Fsp3) is 0.300. The third-order valence-corrected chi connectivity index (χ3v) is 3.20. The van der Waals surface area contributed by atoms with Crippen molar-refractivity contribution < 1.29 is 23.5 Å². The predicted molar refractivity (Wildman–Crippen MR) is 97.3 cm³/mol. The number of ether oxygens (including phenoxy) is 2. The van der Waals surface area contributed by atoms with E-state index in [1.165, 1.54) is 25.8 Å². The first-order valence-electron chi connectivity index (χ1n) is 7.88. The second kappa shape index (κ2) is 9.59. The molecule has 0 amide bonds. The number of hydrogen-bond donors (Lipinski definition) is 0. The topological polar surface area (TPSA) is 52.6 Å². The van der Waals surface area contributed by atoms with Gasteiger partial charge in [0.05, 0.1) is 46.5 Å². The number of carbonyl (C=O) groups excluding carboxylic acids is 2. The lowest BCUT2D eigenvalue weighted by atomic mass is 10.1. The largest absolute Gasteiger partial charge is 0.465 e. The number of hydrogen-bond acceptors (Lipinski definition) is 4. The Bertz CT molecular complexity index is 659. The normalized spacial score (nSPS) is 10.3. The quantitative estimate of drug-likeness (QED) is 0.631. The van der Waals surface area contributed by atoms with Gasteiger partial charge in [-0.2, -0.15) is 0 Å². The van der Waals surface area contributed by atoms with E-state index >= 15 is 0 Å². The molecule has 0 fully saturated rings. The average molecular weight is 344 g/mol. The monoisotopic (exact) mass is 344 g/mol. The van der Waals surface area contributed by atoms with Crippen LogP contribution in [0.15, 0.2) is 54.6 Å². The van der Waals surface area contributed by atoms with Crippen LogP contribution in [-0.4, -0.2) is 51.8 Å². The Balaban J connectivity index is 0.000000257. The van der Waals surface area contributed by atoms with Crippen LogP contribution in [0.4, 0.5) is 0 Å². The molecule has 0 saturated heterocycles. The van der Waals surface area contributed by atoms with Gasteiger partial charge < -0.3 is 14.0 Å². The minimum Gasteiger partial charge on any atom is -0.465 e. The van der Waals surface area contributed by atoms with Crippen LogP contribution in [0.5, 0.6) is 0 Å². The SMILES string of the molecule is COC(=O)c1cccc(C(=O)OC)c1.C[N+](C)(C)Cc1ccccc1. The molecule has 2 rings (SSSR count). The van der Waals surface area contributed by atoms with E-state index in [1.807, 2.05) is 0 Å². The van der Waals surface area contributed by atoms with Crippen molar-refractivity contribution in [3.63, 3.8) is 0 Å². The molecule has 0 heterocycles. The van der Waals surface area contributed by atoms with Gasteiger partial charge in [-0.1, -0.05) is 36.4 Å². The first-order valence-corrected chi connectivity index (χ1v) is 7.88. The molecule has 2 aromatic rings. The maximum atomic E-state index is 11.1. The lowest BCUT2D eigenvalue weighted by molar-refractivity contribution is -0.884. The first kappa shape index (κ1) is 20.4. The van der Waals surface area contributed by atoms with Gasteiger partial charge in [0.25, 0.3) is 0 Å². The highest BCUT2D eigenvalue weighted by Crippen LogP contribution is 2.07. The lowest BCUT2D eigenvalue weighted by Gasteiger charge is -2.23. The molecule has 0 aliphatic carbocycles. The molecule has 0 spiro atoms. The lowest BCUT2D eigenvalue weighted by Crippen LogP contribution is -2.33. The Labute approximate surface area is 149 Å². The second-order valence-corrected chi connectivity index (χ2v) is 6.50. The third kappa shape index (κ3) is 7.63. The van der Waals surface area contributed by atoms with Gasteiger partial charge in [0.15, 0.2) is 0 Å². The van der Waals surface area contributed by atoms with E-state index in [2.05, 4.69) is 60.9 Å². The smallest absolute Gasteiger partial charge is 0.337 e. The summed E-state index contributed by atoms with van der Waals surface area (Å²) in [6.45, 7) is 1.10. The number of carbonyl (C=O) groups is 2. The summed E-state index contributed by atoms with van der Waals surface area (Å²) < 4.78 is 10.0. The summed E-state index contributed by atoms with van der Waals surface area (Å²) in [4.78, 5) is 22.2. The molecule has 0 radical (unpaired) electrons. The van der Waals surface area contributed by atoms with Crippen molar-refractivity contribution in [3.8, 4) is 0 Å². The van der Waals surface area contributed by atoms with Crippen LogP contribution in [0, 0.1) is 0 Å². The maximum Gasteiger partial charge on any atom is 0.337 e. The molecule has 5 nitrogen and oxygen atoms in total. The van der Waals surface area contributed by atoms with Crippen molar-refractivity contribution in [1.29, 1.82) is 0 Å². The van der Waals surface area contributed by atoms with E-state index in [0.717, 1.165) is 11.0 Å². The molecule has 0 bridgehead atoms. The molecule has 0 aromatic heterocycles. The Hall–Kier alpha value is -2.66. The molecular weight excluding hydrogens is 318 g/mol. The molecule has 25 heavy (non-hydrogen) atoms. The summed E-state index contributed by atoms with van der Waals surface area (Å²) in [5.41, 5.74) is 2.06. The van der Waals surface area contributed by atoms with E-state index in [9.17, 15) is 9.59 Å². The highest BCUT2D eigenvalue weighted by molar-refractivity contribution is 5.95. The van der Waals surface area contributed by atoms with Gasteiger partial charge in [-0.3, -0.25) is 0 Å². The minimum atomic E-state index is -0.476. The fourth-order valence-corrected chi connectivity index (χ4v) is 2.14. The van der Waals surface area contributed by atoms with Crippen molar-refractivity contribution in [3.05, 3.63) is 71.3 Å². The highest BCUT2D eigenvalue weighted by atomic mass is 16.5. The van der Waals surface area contributed by atoms with Gasteiger partial charge >= 0.3 is 11.9 Å². The predicted octanol–water partition coefficient (Wildman–Crippen LogP) is 3.15. The molecule has 5 heteroatoms. The van der Waals surface area contributed by atoms with Crippen molar-refractivity contribution in [2.45, 2.75) is 6.54 Å². The van der Waals surface area contributed by atoms with Crippen LogP contribution in [0.25, 0.3) is 0 Å². The van der Waals surface area contributed by atoms with Gasteiger partial charge in [-0.25, -0.2) is 9.59 Å². The molecule has 0 N–H and O–H groups in total. The minimum absolute atomic E-state index is 0.329. The summed E-state index contributed by atoms with van der Waals surface area (Å²) in [5.74, 6) is -0.952. The Morgan fingerprint density at radius 3 is 1.68 bits per heavy atom. The molecular formula is C20H26NO4+. The number of methoxy groups -OCH3 is 2. The van der Waals surface area contributed by atoms with Gasteiger partial charge in [0.1, 0.15) is 6.54 Å². The zero-order chi connectivity index (χ0) is 18.9. The summed E-state index contributed by atoms with van der Waals surface area (Å²) >= 11 is 0. The molecule has 2 aromatic carbocycles. The zero-order valence-corrected chi connectivity index (χ0v) is 15.5. The number of rotatable bonds is 4. The summed E-state index contributed by atoms with van der Waals surface area (Å²) in [5, 5.41) is 0. The van der Waals surface area contributed by atoms with Crippen molar-refractivity contribution in [1.82, 2.24) is 0 Å². The summed E-state index contributed by atoms with van der Waals surface area (Å²) in [7, 11) is 9.17. The maximum absolute atomic E-state index is 11.1. The second-order valence-electron chi connectivity index (χ2n) is 6.50. The van der Waals surface area contributed by atoms with Crippen LogP contribution in [0.2, 0.25) is 0 Å². The molecule has 0 saturated carbocycles. The van der Waals surface area contributed by atoms with E-state index in [-0.39, 0.29) is 0 Å². The van der Waals surface area contributed by atoms with Crippen LogP contribution in [-0.2, 0) is 16.0 Å². The first-order chi connectivity index (χ1) is 11.8. The molecule has 0 atom stereocenters. The van der Waals surface area contributed by atoms with Gasteiger partial charge in [0.2, 0.25) is 0 Å². The highest BCUT2D eigenvalue weighted by Gasteiger charge is 2.10. The summed E-state index contributed by atoms with van der Waals surface area (Å²) in [6.07, 6.45) is 0. The number of nitrogens with zero attached hydrogens (tertiary/aromatic N) is 1. The van der Waals surface area contributed by atoms with Crippen LogP contribution >= 0.6 is 0 Å². The standard InChI is InChI=1S/C10H16N.C10H10O4/c1-11(2,3)9-10-7-5-4-6-8-10;1-13-9(11)7-4-3-5-8(6-7)10(12)14-2/h4-8H,9H2,1-3H3;3-6H,1-2H3/q+1;. The average Bonchev–Trinajstić information content (AvgIpc) is 2.60. The van der Waals surface area contributed by atoms with E-state index < -0.39 is 11.9 Å².